The Morgan fingerprint density at radius 2 is 1.55 bits per heavy atom. The standard InChI is InChI=1S/C12H18N2O4S.ClH/c1-17-10-7-11(18-2)9-12(8-10)19(15,16)14-5-3-13-4-6-14;/h7-9,13H,3-6H2,1-2H3;1H. The molecule has 0 unspecified atom stereocenters. The molecule has 1 aliphatic heterocycles. The molecule has 20 heavy (non-hydrogen) atoms. The molecule has 6 nitrogen and oxygen atoms in total. The fraction of sp³-hybridized carbons (Fsp3) is 0.500. The summed E-state index contributed by atoms with van der Waals surface area (Å²) >= 11 is 0. The maximum absolute atomic E-state index is 12.5. The molecule has 0 spiro atoms. The van der Waals surface area contributed by atoms with Crippen LogP contribution in [0.3, 0.4) is 0 Å². The van der Waals surface area contributed by atoms with E-state index in [2.05, 4.69) is 5.32 Å². The zero-order valence-corrected chi connectivity index (χ0v) is 13.1. The maximum Gasteiger partial charge on any atom is 0.243 e. The van der Waals surface area contributed by atoms with Crippen LogP contribution in [0.2, 0.25) is 0 Å². The first kappa shape index (κ1) is 17.0. The molecule has 1 aromatic rings. The molecule has 1 fully saturated rings. The fourth-order valence-corrected chi connectivity index (χ4v) is 3.46. The van der Waals surface area contributed by atoms with Crippen LogP contribution in [-0.2, 0) is 10.0 Å². The Hall–Kier alpha value is -1.02. The minimum Gasteiger partial charge on any atom is -0.497 e. The van der Waals surface area contributed by atoms with Crippen molar-refractivity contribution in [1.29, 1.82) is 0 Å². The highest BCUT2D eigenvalue weighted by molar-refractivity contribution is 7.89. The van der Waals surface area contributed by atoms with Gasteiger partial charge in [-0.25, -0.2) is 8.42 Å². The van der Waals surface area contributed by atoms with Crippen molar-refractivity contribution in [2.75, 3.05) is 40.4 Å². The van der Waals surface area contributed by atoms with E-state index >= 15 is 0 Å². The SMILES string of the molecule is COc1cc(OC)cc(S(=O)(=O)N2CCNCC2)c1.Cl. The van der Waals surface area contributed by atoms with Crippen LogP contribution in [0.1, 0.15) is 0 Å². The molecule has 0 aliphatic carbocycles. The number of nitrogens with zero attached hydrogens (tertiary/aromatic N) is 1. The van der Waals surface area contributed by atoms with Crippen LogP contribution in [0.15, 0.2) is 23.1 Å². The number of sulfonamides is 1. The van der Waals surface area contributed by atoms with E-state index in [-0.39, 0.29) is 17.3 Å². The number of hydrogen-bond acceptors (Lipinski definition) is 5. The Kier molecular flexibility index (Phi) is 6.07. The number of piperazine rings is 1. The number of ether oxygens (including phenoxy) is 2. The Morgan fingerprint density at radius 3 is 2.00 bits per heavy atom. The summed E-state index contributed by atoms with van der Waals surface area (Å²) in [4.78, 5) is 0.200. The van der Waals surface area contributed by atoms with E-state index in [0.717, 1.165) is 0 Å². The van der Waals surface area contributed by atoms with E-state index in [1.54, 1.807) is 6.07 Å². The molecule has 114 valence electrons. The van der Waals surface area contributed by atoms with Gasteiger partial charge in [0.15, 0.2) is 0 Å². The van der Waals surface area contributed by atoms with Crippen molar-refractivity contribution in [1.82, 2.24) is 9.62 Å². The molecule has 0 amide bonds. The van der Waals surface area contributed by atoms with Crippen LogP contribution < -0.4 is 14.8 Å². The van der Waals surface area contributed by atoms with Crippen molar-refractivity contribution in [2.45, 2.75) is 4.90 Å². The molecule has 1 saturated heterocycles. The lowest BCUT2D eigenvalue weighted by molar-refractivity contribution is 0.358. The quantitative estimate of drug-likeness (QED) is 0.884. The van der Waals surface area contributed by atoms with Crippen LogP contribution in [0.4, 0.5) is 0 Å². The van der Waals surface area contributed by atoms with Crippen molar-refractivity contribution < 1.29 is 17.9 Å². The number of nitrogens with one attached hydrogen (secondary N) is 1. The summed E-state index contributed by atoms with van der Waals surface area (Å²) in [6.07, 6.45) is 0. The first-order valence-electron chi connectivity index (χ1n) is 6.02. The van der Waals surface area contributed by atoms with Crippen LogP contribution in [0, 0.1) is 0 Å². The number of benzene rings is 1. The van der Waals surface area contributed by atoms with Gasteiger partial charge in [0.2, 0.25) is 10.0 Å². The second-order valence-corrected chi connectivity index (χ2v) is 6.14. The third-order valence-corrected chi connectivity index (χ3v) is 4.92. The minimum atomic E-state index is -3.49. The van der Waals surface area contributed by atoms with Crippen LogP contribution in [0.5, 0.6) is 11.5 Å². The normalized spacial score (nSPS) is 16.3. The van der Waals surface area contributed by atoms with E-state index in [9.17, 15) is 8.42 Å². The summed E-state index contributed by atoms with van der Waals surface area (Å²) in [6.45, 7) is 2.28. The van der Waals surface area contributed by atoms with E-state index in [4.69, 9.17) is 9.47 Å². The average Bonchev–Trinajstić information content (AvgIpc) is 2.47. The van der Waals surface area contributed by atoms with E-state index in [0.29, 0.717) is 37.7 Å². The average molecular weight is 323 g/mol. The molecule has 0 saturated carbocycles. The Balaban J connectivity index is 0.00000200. The molecule has 0 atom stereocenters. The van der Waals surface area contributed by atoms with Crippen molar-refractivity contribution in [3.63, 3.8) is 0 Å². The van der Waals surface area contributed by atoms with Gasteiger partial charge in [0.1, 0.15) is 11.5 Å². The largest absolute Gasteiger partial charge is 0.497 e. The molecule has 1 aromatic carbocycles. The highest BCUT2D eigenvalue weighted by Gasteiger charge is 2.26. The lowest BCUT2D eigenvalue weighted by atomic mass is 10.3. The van der Waals surface area contributed by atoms with Gasteiger partial charge in [0.25, 0.3) is 0 Å². The van der Waals surface area contributed by atoms with Gasteiger partial charge in [0, 0.05) is 44.4 Å². The zero-order chi connectivity index (χ0) is 13.9. The predicted octanol–water partition coefficient (Wildman–Crippen LogP) is 0.720. The van der Waals surface area contributed by atoms with Crippen LogP contribution in [0.25, 0.3) is 0 Å². The molecule has 0 bridgehead atoms. The first-order chi connectivity index (χ1) is 9.07. The van der Waals surface area contributed by atoms with Crippen LogP contribution >= 0.6 is 12.4 Å². The summed E-state index contributed by atoms with van der Waals surface area (Å²) in [5.41, 5.74) is 0. The molecule has 1 heterocycles. The summed E-state index contributed by atoms with van der Waals surface area (Å²) < 4.78 is 36.7. The topological polar surface area (TPSA) is 67.9 Å². The number of methoxy groups -OCH3 is 2. The summed E-state index contributed by atoms with van der Waals surface area (Å²) in [6, 6.07) is 4.68. The molecule has 8 heteroatoms. The highest BCUT2D eigenvalue weighted by Crippen LogP contribution is 2.27. The molecule has 1 N–H and O–H groups in total. The summed E-state index contributed by atoms with van der Waals surface area (Å²) in [5.74, 6) is 0.932. The Labute approximate surface area is 125 Å². The minimum absolute atomic E-state index is 0. The van der Waals surface area contributed by atoms with Gasteiger partial charge in [-0.15, -0.1) is 12.4 Å². The molecule has 2 rings (SSSR count). The van der Waals surface area contributed by atoms with Crippen molar-refractivity contribution in [3.05, 3.63) is 18.2 Å². The molecule has 1 aliphatic rings. The monoisotopic (exact) mass is 322 g/mol. The van der Waals surface area contributed by atoms with Gasteiger partial charge in [0.05, 0.1) is 19.1 Å². The van der Waals surface area contributed by atoms with Crippen molar-refractivity contribution >= 4 is 22.4 Å². The van der Waals surface area contributed by atoms with Crippen molar-refractivity contribution in [2.24, 2.45) is 0 Å². The van der Waals surface area contributed by atoms with Gasteiger partial charge in [-0.1, -0.05) is 0 Å². The zero-order valence-electron chi connectivity index (χ0n) is 11.5. The number of rotatable bonds is 4. The Morgan fingerprint density at radius 1 is 1.05 bits per heavy atom. The van der Waals surface area contributed by atoms with Gasteiger partial charge >= 0.3 is 0 Å². The lowest BCUT2D eigenvalue weighted by Gasteiger charge is -2.26. The third kappa shape index (κ3) is 3.54. The molecular weight excluding hydrogens is 304 g/mol. The second-order valence-electron chi connectivity index (χ2n) is 4.20. The number of hydrogen-bond donors (Lipinski definition) is 1. The van der Waals surface area contributed by atoms with E-state index in [1.807, 2.05) is 0 Å². The maximum atomic E-state index is 12.5. The summed E-state index contributed by atoms with van der Waals surface area (Å²) in [5, 5.41) is 3.13. The van der Waals surface area contributed by atoms with E-state index < -0.39 is 10.0 Å². The van der Waals surface area contributed by atoms with Crippen molar-refractivity contribution in [3.8, 4) is 11.5 Å². The predicted molar refractivity (Wildman–Crippen MR) is 78.4 cm³/mol. The first-order valence-corrected chi connectivity index (χ1v) is 7.46. The number of halogens is 1. The third-order valence-electron chi connectivity index (χ3n) is 3.04. The Bertz CT molecular complexity index is 522. The summed E-state index contributed by atoms with van der Waals surface area (Å²) in [7, 11) is -0.502. The smallest absolute Gasteiger partial charge is 0.243 e. The fourth-order valence-electron chi connectivity index (χ4n) is 1.96. The molecule has 0 radical (unpaired) electrons. The van der Waals surface area contributed by atoms with Gasteiger partial charge < -0.3 is 14.8 Å². The second kappa shape index (κ2) is 7.12. The van der Waals surface area contributed by atoms with Crippen LogP contribution in [-0.4, -0.2) is 53.1 Å². The van der Waals surface area contributed by atoms with Gasteiger partial charge in [-0.05, 0) is 0 Å². The van der Waals surface area contributed by atoms with E-state index in [1.165, 1.54) is 30.7 Å². The lowest BCUT2D eigenvalue weighted by Crippen LogP contribution is -2.46. The molecule has 0 aromatic heterocycles. The highest BCUT2D eigenvalue weighted by atomic mass is 35.5. The molecular formula is C12H19ClN2O4S. The van der Waals surface area contributed by atoms with Gasteiger partial charge in [-0.3, -0.25) is 0 Å². The van der Waals surface area contributed by atoms with Gasteiger partial charge in [-0.2, -0.15) is 4.31 Å².